The van der Waals surface area contributed by atoms with Crippen LogP contribution in [0.1, 0.15) is 16.1 Å². The largest absolute Gasteiger partial charge is 0.396 e. The standard InChI is InChI=1S/C10H8N6O/c11-4-6-1-2-14-8(3-6)16-5-7(12)9(15-16)10(13)17/h1-3,5H,12H2,(H2,13,17). The van der Waals surface area contributed by atoms with Crippen molar-refractivity contribution in [1.82, 2.24) is 14.8 Å². The Bertz CT molecular complexity index is 624. The molecule has 17 heavy (non-hydrogen) atoms. The molecule has 0 aliphatic carbocycles. The van der Waals surface area contributed by atoms with Gasteiger partial charge in [0.1, 0.15) is 0 Å². The van der Waals surface area contributed by atoms with Crippen molar-refractivity contribution in [3.63, 3.8) is 0 Å². The van der Waals surface area contributed by atoms with E-state index in [0.717, 1.165) is 0 Å². The van der Waals surface area contributed by atoms with Gasteiger partial charge in [-0.25, -0.2) is 9.67 Å². The quantitative estimate of drug-likeness (QED) is 0.737. The van der Waals surface area contributed by atoms with Crippen molar-refractivity contribution in [2.75, 3.05) is 5.73 Å². The molecule has 0 bridgehead atoms. The third-order valence-corrected chi connectivity index (χ3v) is 2.09. The molecule has 0 fully saturated rings. The molecule has 0 aliphatic heterocycles. The van der Waals surface area contributed by atoms with E-state index in [1.807, 2.05) is 6.07 Å². The lowest BCUT2D eigenvalue weighted by molar-refractivity contribution is 0.0996. The summed E-state index contributed by atoms with van der Waals surface area (Å²) in [5.41, 5.74) is 11.3. The predicted octanol–water partition coefficient (Wildman–Crippen LogP) is -0.180. The number of nitriles is 1. The third-order valence-electron chi connectivity index (χ3n) is 2.09. The lowest BCUT2D eigenvalue weighted by atomic mass is 10.3. The van der Waals surface area contributed by atoms with Crippen molar-refractivity contribution < 1.29 is 4.79 Å². The monoisotopic (exact) mass is 228 g/mol. The lowest BCUT2D eigenvalue weighted by Gasteiger charge is -1.98. The van der Waals surface area contributed by atoms with Crippen LogP contribution < -0.4 is 11.5 Å². The number of primary amides is 1. The van der Waals surface area contributed by atoms with Crippen LogP contribution in [0.15, 0.2) is 24.5 Å². The van der Waals surface area contributed by atoms with Gasteiger partial charge in [0.05, 0.1) is 23.5 Å². The number of carbonyl (C=O) groups excluding carboxylic acids is 1. The number of carbonyl (C=O) groups is 1. The molecule has 2 aromatic heterocycles. The Balaban J connectivity index is 2.50. The highest BCUT2D eigenvalue weighted by atomic mass is 16.1. The lowest BCUT2D eigenvalue weighted by Crippen LogP contribution is -2.14. The molecule has 7 heteroatoms. The van der Waals surface area contributed by atoms with Gasteiger partial charge in [-0.2, -0.15) is 10.4 Å². The van der Waals surface area contributed by atoms with Crippen LogP contribution in [0, 0.1) is 11.3 Å². The number of nitrogen functional groups attached to an aromatic ring is 1. The normalized spacial score (nSPS) is 9.82. The summed E-state index contributed by atoms with van der Waals surface area (Å²) in [7, 11) is 0. The number of hydrogen-bond acceptors (Lipinski definition) is 5. The Labute approximate surface area is 96.3 Å². The summed E-state index contributed by atoms with van der Waals surface area (Å²) in [6, 6.07) is 5.06. The smallest absolute Gasteiger partial charge is 0.271 e. The van der Waals surface area contributed by atoms with Gasteiger partial charge in [0.15, 0.2) is 11.5 Å². The van der Waals surface area contributed by atoms with Gasteiger partial charge in [-0.3, -0.25) is 4.79 Å². The number of rotatable bonds is 2. The molecule has 2 aromatic rings. The van der Waals surface area contributed by atoms with Crippen LogP contribution in [0.4, 0.5) is 5.69 Å². The fraction of sp³-hybridized carbons (Fsp3) is 0. The molecule has 4 N–H and O–H groups in total. The maximum Gasteiger partial charge on any atom is 0.271 e. The van der Waals surface area contributed by atoms with Gasteiger partial charge in [0.25, 0.3) is 5.91 Å². The van der Waals surface area contributed by atoms with Crippen LogP contribution in [0.2, 0.25) is 0 Å². The highest BCUT2D eigenvalue weighted by molar-refractivity contribution is 5.95. The number of nitrogens with two attached hydrogens (primary N) is 2. The number of amides is 1. The molecular weight excluding hydrogens is 220 g/mol. The Morgan fingerprint density at radius 1 is 1.53 bits per heavy atom. The number of aromatic nitrogens is 3. The SMILES string of the molecule is N#Cc1ccnc(-n2cc(N)c(C(N)=O)n2)c1. The molecule has 0 spiro atoms. The minimum atomic E-state index is -0.710. The van der Waals surface area contributed by atoms with Gasteiger partial charge in [-0.05, 0) is 6.07 Å². The average molecular weight is 228 g/mol. The second kappa shape index (κ2) is 3.94. The van der Waals surface area contributed by atoms with Gasteiger partial charge in [-0.15, -0.1) is 0 Å². The topological polar surface area (TPSA) is 124 Å². The Morgan fingerprint density at radius 2 is 2.29 bits per heavy atom. The van der Waals surface area contributed by atoms with Crippen molar-refractivity contribution >= 4 is 11.6 Å². The summed E-state index contributed by atoms with van der Waals surface area (Å²) >= 11 is 0. The Morgan fingerprint density at radius 3 is 2.88 bits per heavy atom. The van der Waals surface area contributed by atoms with Crippen LogP contribution in [-0.2, 0) is 0 Å². The first-order valence-electron chi connectivity index (χ1n) is 4.63. The summed E-state index contributed by atoms with van der Waals surface area (Å²) < 4.78 is 1.30. The second-order valence-electron chi connectivity index (χ2n) is 3.26. The molecule has 0 atom stereocenters. The van der Waals surface area contributed by atoms with Gasteiger partial charge in [-0.1, -0.05) is 0 Å². The third kappa shape index (κ3) is 1.91. The van der Waals surface area contributed by atoms with Crippen molar-refractivity contribution in [2.45, 2.75) is 0 Å². The van der Waals surface area contributed by atoms with E-state index in [2.05, 4.69) is 10.1 Å². The van der Waals surface area contributed by atoms with Crippen molar-refractivity contribution in [1.29, 1.82) is 5.26 Å². The van der Waals surface area contributed by atoms with Gasteiger partial charge in [0, 0.05) is 12.3 Å². The molecule has 84 valence electrons. The van der Waals surface area contributed by atoms with E-state index in [0.29, 0.717) is 11.4 Å². The van der Waals surface area contributed by atoms with Crippen LogP contribution in [0.25, 0.3) is 5.82 Å². The number of nitrogens with zero attached hydrogens (tertiary/aromatic N) is 4. The second-order valence-corrected chi connectivity index (χ2v) is 3.26. The van der Waals surface area contributed by atoms with Crippen LogP contribution in [-0.4, -0.2) is 20.7 Å². The molecule has 0 saturated carbocycles. The van der Waals surface area contributed by atoms with Crippen LogP contribution in [0.3, 0.4) is 0 Å². The van der Waals surface area contributed by atoms with Crippen LogP contribution in [0.5, 0.6) is 0 Å². The Hall–Kier alpha value is -2.88. The molecule has 0 radical (unpaired) electrons. The van der Waals surface area contributed by atoms with E-state index in [-0.39, 0.29) is 11.4 Å². The summed E-state index contributed by atoms with van der Waals surface area (Å²) in [5, 5.41) is 12.7. The fourth-order valence-corrected chi connectivity index (χ4v) is 1.31. The summed E-state index contributed by atoms with van der Waals surface area (Å²) in [6.07, 6.45) is 2.89. The molecular formula is C10H8N6O. The van der Waals surface area contributed by atoms with E-state index in [1.54, 1.807) is 6.07 Å². The molecule has 0 unspecified atom stereocenters. The molecule has 2 heterocycles. The van der Waals surface area contributed by atoms with E-state index >= 15 is 0 Å². The molecule has 0 aromatic carbocycles. The van der Waals surface area contributed by atoms with E-state index < -0.39 is 5.91 Å². The van der Waals surface area contributed by atoms with Gasteiger partial charge < -0.3 is 11.5 Å². The minimum absolute atomic E-state index is 0.0193. The molecule has 7 nitrogen and oxygen atoms in total. The van der Waals surface area contributed by atoms with E-state index in [4.69, 9.17) is 16.7 Å². The number of pyridine rings is 1. The van der Waals surface area contributed by atoms with Gasteiger partial charge in [0.2, 0.25) is 0 Å². The highest BCUT2D eigenvalue weighted by Gasteiger charge is 2.12. The zero-order valence-corrected chi connectivity index (χ0v) is 8.66. The summed E-state index contributed by atoms with van der Waals surface area (Å²) in [6.45, 7) is 0. The Kier molecular flexibility index (Phi) is 2.46. The van der Waals surface area contributed by atoms with Crippen molar-refractivity contribution in [3.05, 3.63) is 35.8 Å². The fourth-order valence-electron chi connectivity index (χ4n) is 1.31. The molecule has 1 amide bonds. The first-order chi connectivity index (χ1) is 8.11. The van der Waals surface area contributed by atoms with Crippen molar-refractivity contribution in [3.8, 4) is 11.9 Å². The predicted molar refractivity (Wildman–Crippen MR) is 59.0 cm³/mol. The van der Waals surface area contributed by atoms with Crippen LogP contribution >= 0.6 is 0 Å². The first-order valence-corrected chi connectivity index (χ1v) is 4.63. The summed E-state index contributed by atoms with van der Waals surface area (Å²) in [4.78, 5) is 15.0. The maximum absolute atomic E-state index is 11.0. The number of hydrogen-bond donors (Lipinski definition) is 2. The zero-order valence-electron chi connectivity index (χ0n) is 8.66. The zero-order chi connectivity index (χ0) is 12.4. The van der Waals surface area contributed by atoms with Gasteiger partial charge >= 0.3 is 0 Å². The number of anilines is 1. The van der Waals surface area contributed by atoms with E-state index in [9.17, 15) is 4.79 Å². The maximum atomic E-state index is 11.0. The first kappa shape index (κ1) is 10.6. The molecule has 0 saturated heterocycles. The summed E-state index contributed by atoms with van der Waals surface area (Å²) in [5.74, 6) is -0.319. The molecule has 2 rings (SSSR count). The van der Waals surface area contributed by atoms with E-state index in [1.165, 1.54) is 23.1 Å². The average Bonchev–Trinajstić information content (AvgIpc) is 2.71. The molecule has 0 aliphatic rings. The minimum Gasteiger partial charge on any atom is -0.396 e. The van der Waals surface area contributed by atoms with Crippen molar-refractivity contribution in [2.24, 2.45) is 5.73 Å². The highest BCUT2D eigenvalue weighted by Crippen LogP contribution is 2.12.